The van der Waals surface area contributed by atoms with E-state index in [0.717, 1.165) is 0 Å². The van der Waals surface area contributed by atoms with Gasteiger partial charge in [-0.2, -0.15) is 0 Å². The van der Waals surface area contributed by atoms with Crippen molar-refractivity contribution in [2.45, 2.75) is 84.3 Å². The lowest BCUT2D eigenvalue weighted by atomic mass is 9.77. The van der Waals surface area contributed by atoms with Crippen LogP contribution in [0, 0.1) is 5.92 Å². The van der Waals surface area contributed by atoms with Gasteiger partial charge in [0.2, 0.25) is 5.91 Å². The minimum atomic E-state index is -1.65. The molecule has 1 aromatic carbocycles. The van der Waals surface area contributed by atoms with Crippen molar-refractivity contribution < 1.29 is 29.2 Å². The molecule has 1 saturated heterocycles. The molecule has 4 N–H and O–H groups in total. The largest absolute Gasteiger partial charge is 0.475 e. The third-order valence-corrected chi connectivity index (χ3v) is 6.07. The molecule has 0 aliphatic carbocycles. The van der Waals surface area contributed by atoms with E-state index in [1.54, 1.807) is 56.9 Å². The van der Waals surface area contributed by atoms with Gasteiger partial charge in [-0.15, -0.1) is 0 Å². The fourth-order valence-electron chi connectivity index (χ4n) is 4.22. The van der Waals surface area contributed by atoms with E-state index in [-0.39, 0.29) is 24.2 Å². The van der Waals surface area contributed by atoms with Gasteiger partial charge in [-0.1, -0.05) is 39.0 Å². The Morgan fingerprint density at radius 1 is 1.24 bits per heavy atom. The predicted molar refractivity (Wildman–Crippen MR) is 131 cm³/mol. The minimum absolute atomic E-state index is 0.0304. The summed E-state index contributed by atoms with van der Waals surface area (Å²) in [6.07, 6.45) is 0.834. The number of nitrogens with zero attached hydrogens (tertiary/aromatic N) is 1. The zero-order valence-electron chi connectivity index (χ0n) is 21.1. The third-order valence-electron chi connectivity index (χ3n) is 6.07. The first-order chi connectivity index (χ1) is 15.8. The Hall–Kier alpha value is -2.59. The lowest BCUT2D eigenvalue weighted by molar-refractivity contribution is -0.128. The van der Waals surface area contributed by atoms with Crippen LogP contribution in [-0.4, -0.2) is 58.7 Å². The van der Waals surface area contributed by atoms with Gasteiger partial charge in [0.15, 0.2) is 0 Å². The van der Waals surface area contributed by atoms with Gasteiger partial charge in [-0.3, -0.25) is 9.59 Å². The molecule has 0 bridgehead atoms. The lowest BCUT2D eigenvalue weighted by Gasteiger charge is -2.45. The predicted octanol–water partition coefficient (Wildman–Crippen LogP) is 2.18. The molecule has 1 unspecified atom stereocenters. The standard InChI is InChI=1S/C24H38BN3O6/c1-7-19(25(32)33)26-20(29)15-17-11-8-9-12-18(17)28-14-10-13-24(16(2)3,21(28)30)27-22(31)34-23(4,5)6/h8-9,11-12,16,19,32-33H,7,10,13-15H2,1-6H3,(H,26,29)(H,27,31)/t19-,24?/m0/s1. The zero-order chi connectivity index (χ0) is 25.7. The van der Waals surface area contributed by atoms with Gasteiger partial charge in [0.1, 0.15) is 11.1 Å². The Balaban J connectivity index is 2.31. The Labute approximate surface area is 202 Å². The van der Waals surface area contributed by atoms with E-state index in [9.17, 15) is 24.4 Å². The fraction of sp³-hybridized carbons (Fsp3) is 0.625. The first-order valence-electron chi connectivity index (χ1n) is 11.9. The van der Waals surface area contributed by atoms with Crippen molar-refractivity contribution in [1.82, 2.24) is 10.6 Å². The van der Waals surface area contributed by atoms with Crippen LogP contribution in [0.4, 0.5) is 10.5 Å². The molecule has 0 saturated carbocycles. The highest BCUT2D eigenvalue weighted by Gasteiger charge is 2.49. The minimum Gasteiger partial charge on any atom is -0.444 e. The number of nitrogens with one attached hydrogen (secondary N) is 2. The van der Waals surface area contributed by atoms with Crippen molar-refractivity contribution in [1.29, 1.82) is 0 Å². The summed E-state index contributed by atoms with van der Waals surface area (Å²) in [5, 5.41) is 24.3. The molecule has 0 spiro atoms. The second kappa shape index (κ2) is 11.2. The number of rotatable bonds is 8. The van der Waals surface area contributed by atoms with Crippen LogP contribution in [0.3, 0.4) is 0 Å². The number of benzene rings is 1. The van der Waals surface area contributed by atoms with E-state index >= 15 is 0 Å². The van der Waals surface area contributed by atoms with E-state index in [0.29, 0.717) is 37.1 Å². The summed E-state index contributed by atoms with van der Waals surface area (Å²) < 4.78 is 5.43. The zero-order valence-corrected chi connectivity index (χ0v) is 21.1. The first-order valence-corrected chi connectivity index (χ1v) is 11.9. The SMILES string of the molecule is CC[C@H](NC(=O)Cc1ccccc1N1CCCC(NC(=O)OC(C)(C)C)(C(C)C)C1=O)B(O)O. The molecule has 1 aromatic rings. The molecule has 0 radical (unpaired) electrons. The number of ether oxygens (including phenoxy) is 1. The van der Waals surface area contributed by atoms with Crippen molar-refractivity contribution in [2.24, 2.45) is 5.92 Å². The molecule has 188 valence electrons. The molecule has 9 nitrogen and oxygen atoms in total. The molecule has 2 atom stereocenters. The Morgan fingerprint density at radius 3 is 2.44 bits per heavy atom. The second-order valence-corrected chi connectivity index (χ2v) is 10.1. The van der Waals surface area contributed by atoms with Gasteiger partial charge in [0.05, 0.1) is 12.4 Å². The Bertz CT molecular complexity index is 886. The maximum absolute atomic E-state index is 13.8. The van der Waals surface area contributed by atoms with Crippen LogP contribution in [0.15, 0.2) is 24.3 Å². The van der Waals surface area contributed by atoms with Gasteiger partial charge in [0.25, 0.3) is 5.91 Å². The molecule has 10 heteroatoms. The second-order valence-electron chi connectivity index (χ2n) is 10.1. The first kappa shape index (κ1) is 27.7. The van der Waals surface area contributed by atoms with Gasteiger partial charge in [0, 0.05) is 12.2 Å². The Morgan fingerprint density at radius 2 is 1.88 bits per heavy atom. The van der Waals surface area contributed by atoms with E-state index in [1.807, 2.05) is 13.8 Å². The monoisotopic (exact) mass is 475 g/mol. The number of piperidine rings is 1. The number of carbonyl (C=O) groups excluding carboxylic acids is 3. The molecule has 0 aromatic heterocycles. The number of hydrogen-bond acceptors (Lipinski definition) is 6. The van der Waals surface area contributed by atoms with E-state index in [4.69, 9.17) is 4.74 Å². The van der Waals surface area contributed by atoms with Crippen molar-refractivity contribution in [3.05, 3.63) is 29.8 Å². The molecular formula is C24H38BN3O6. The quantitative estimate of drug-likeness (QED) is 0.427. The number of hydrogen-bond donors (Lipinski definition) is 4. The highest BCUT2D eigenvalue weighted by Crippen LogP contribution is 2.34. The van der Waals surface area contributed by atoms with Crippen LogP contribution < -0.4 is 15.5 Å². The van der Waals surface area contributed by atoms with Crippen LogP contribution in [0.2, 0.25) is 0 Å². The molecule has 1 aliphatic rings. The number of para-hydroxylation sites is 1. The molecule has 1 heterocycles. The van der Waals surface area contributed by atoms with Crippen LogP contribution in [0.25, 0.3) is 0 Å². The van der Waals surface area contributed by atoms with Crippen molar-refractivity contribution in [3.8, 4) is 0 Å². The fourth-order valence-corrected chi connectivity index (χ4v) is 4.22. The highest BCUT2D eigenvalue weighted by atomic mass is 16.6. The topological polar surface area (TPSA) is 128 Å². The van der Waals surface area contributed by atoms with Gasteiger partial charge < -0.3 is 30.3 Å². The molecule has 3 amide bonds. The third kappa shape index (κ3) is 6.73. The maximum Gasteiger partial charge on any atom is 0.475 e. The summed E-state index contributed by atoms with van der Waals surface area (Å²) >= 11 is 0. The van der Waals surface area contributed by atoms with E-state index in [2.05, 4.69) is 10.6 Å². The molecule has 34 heavy (non-hydrogen) atoms. The number of anilines is 1. The molecule has 1 aliphatic heterocycles. The van der Waals surface area contributed by atoms with Crippen LogP contribution in [0.1, 0.15) is 66.4 Å². The van der Waals surface area contributed by atoms with E-state index in [1.165, 1.54) is 0 Å². The highest BCUT2D eigenvalue weighted by molar-refractivity contribution is 6.43. The van der Waals surface area contributed by atoms with Crippen molar-refractivity contribution in [2.75, 3.05) is 11.4 Å². The molecular weight excluding hydrogens is 437 g/mol. The average Bonchev–Trinajstić information content (AvgIpc) is 2.72. The summed E-state index contributed by atoms with van der Waals surface area (Å²) in [5.41, 5.74) is -0.606. The number of alkyl carbamates (subject to hydrolysis) is 1. The normalized spacial score (nSPS) is 19.6. The summed E-state index contributed by atoms with van der Waals surface area (Å²) in [6, 6.07) is 7.13. The Kier molecular flexibility index (Phi) is 9.13. The van der Waals surface area contributed by atoms with Gasteiger partial charge >= 0.3 is 13.2 Å². The smallest absolute Gasteiger partial charge is 0.444 e. The summed E-state index contributed by atoms with van der Waals surface area (Å²) in [4.78, 5) is 40.7. The van der Waals surface area contributed by atoms with Crippen LogP contribution in [0.5, 0.6) is 0 Å². The van der Waals surface area contributed by atoms with Crippen molar-refractivity contribution in [3.63, 3.8) is 0 Å². The maximum atomic E-state index is 13.8. The lowest BCUT2D eigenvalue weighted by Crippen LogP contribution is -2.66. The van der Waals surface area contributed by atoms with Crippen LogP contribution >= 0.6 is 0 Å². The number of amides is 3. The summed E-state index contributed by atoms with van der Waals surface area (Å²) in [6.45, 7) is 11.3. The van der Waals surface area contributed by atoms with E-state index < -0.39 is 30.3 Å². The summed E-state index contributed by atoms with van der Waals surface area (Å²) in [5.74, 6) is -1.59. The number of carbonyl (C=O) groups is 3. The van der Waals surface area contributed by atoms with Gasteiger partial charge in [-0.05, 0) is 57.6 Å². The average molecular weight is 475 g/mol. The van der Waals surface area contributed by atoms with Crippen molar-refractivity contribution >= 4 is 30.7 Å². The summed E-state index contributed by atoms with van der Waals surface area (Å²) in [7, 11) is -1.65. The van der Waals surface area contributed by atoms with Gasteiger partial charge in [-0.25, -0.2) is 4.79 Å². The molecule has 1 fully saturated rings. The molecule has 2 rings (SSSR count). The van der Waals surface area contributed by atoms with Crippen LogP contribution in [-0.2, 0) is 20.7 Å².